The topological polar surface area (TPSA) is 38.8 Å². The number of nitrogens with zero attached hydrogens (tertiary/aromatic N) is 1. The van der Waals surface area contributed by atoms with Gasteiger partial charge in [-0.1, -0.05) is 23.7 Å². The van der Waals surface area contributed by atoms with Gasteiger partial charge in [0.05, 0.1) is 23.9 Å². The average molecular weight is 402 g/mol. The maximum Gasteiger partial charge on any atom is 0.292 e. The first-order valence-electron chi connectivity index (χ1n) is 9.74. The molecule has 146 valence electrons. The molecule has 2 heterocycles. The van der Waals surface area contributed by atoms with E-state index in [1.165, 1.54) is 6.07 Å². The molecule has 5 rings (SSSR count). The Labute approximate surface area is 168 Å². The highest BCUT2D eigenvalue weighted by Gasteiger charge is 2.55. The van der Waals surface area contributed by atoms with Crippen molar-refractivity contribution in [2.45, 2.75) is 31.5 Å². The summed E-state index contributed by atoms with van der Waals surface area (Å²) >= 11 is 5.92. The van der Waals surface area contributed by atoms with Crippen molar-refractivity contribution in [3.8, 4) is 0 Å². The third kappa shape index (κ3) is 3.02. The van der Waals surface area contributed by atoms with Gasteiger partial charge < -0.3 is 14.4 Å². The fourth-order valence-electron chi connectivity index (χ4n) is 4.03. The normalized spacial score (nSPS) is 20.6. The quantitative estimate of drug-likeness (QED) is 0.761. The summed E-state index contributed by atoms with van der Waals surface area (Å²) in [5.41, 5.74) is 3.56. The Morgan fingerprint density at radius 3 is 2.54 bits per heavy atom. The predicted octanol–water partition coefficient (Wildman–Crippen LogP) is 4.42. The summed E-state index contributed by atoms with van der Waals surface area (Å²) in [4.78, 5) is 15.1. The zero-order valence-electron chi connectivity index (χ0n) is 15.4. The largest absolute Gasteiger partial charge is 0.338 e. The van der Waals surface area contributed by atoms with Crippen LogP contribution in [0.4, 0.5) is 10.1 Å². The van der Waals surface area contributed by atoms with E-state index in [0.29, 0.717) is 32.1 Å². The summed E-state index contributed by atoms with van der Waals surface area (Å²) < 4.78 is 25.4. The molecule has 2 aromatic carbocycles. The van der Waals surface area contributed by atoms with Gasteiger partial charge >= 0.3 is 0 Å². The van der Waals surface area contributed by atoms with Crippen molar-refractivity contribution in [3.63, 3.8) is 0 Å². The summed E-state index contributed by atoms with van der Waals surface area (Å²) in [5, 5.41) is 0.111. The molecule has 0 unspecified atom stereocenters. The standard InChI is InChI=1S/C22H21ClFNO3/c23-18-12-16(4-6-19(18)24)10-15-5-7-20-17(11-15)22(27-8-1-9-28-22)21(26)25(20)13-14-2-3-14/h4-7,11-12,14H,1-3,8-10,13H2. The number of carbonyl (C=O) groups excluding carboxylic acids is 1. The van der Waals surface area contributed by atoms with Crippen LogP contribution in [0.15, 0.2) is 36.4 Å². The molecule has 28 heavy (non-hydrogen) atoms. The van der Waals surface area contributed by atoms with E-state index in [4.69, 9.17) is 21.1 Å². The van der Waals surface area contributed by atoms with E-state index >= 15 is 0 Å². The molecule has 2 fully saturated rings. The molecule has 0 atom stereocenters. The minimum atomic E-state index is -1.32. The average Bonchev–Trinajstić information content (AvgIpc) is 3.50. The summed E-state index contributed by atoms with van der Waals surface area (Å²) in [6.07, 6.45) is 3.69. The molecule has 1 saturated carbocycles. The van der Waals surface area contributed by atoms with E-state index in [-0.39, 0.29) is 10.9 Å². The van der Waals surface area contributed by atoms with Crippen LogP contribution in [-0.4, -0.2) is 25.7 Å². The zero-order chi connectivity index (χ0) is 19.3. The molecule has 6 heteroatoms. The highest BCUT2D eigenvalue weighted by atomic mass is 35.5. The molecule has 0 N–H and O–H groups in total. The minimum Gasteiger partial charge on any atom is -0.338 e. The van der Waals surface area contributed by atoms with Gasteiger partial charge in [0.25, 0.3) is 11.7 Å². The molecule has 1 saturated heterocycles. The number of carbonyl (C=O) groups is 1. The van der Waals surface area contributed by atoms with E-state index in [2.05, 4.69) is 0 Å². The van der Waals surface area contributed by atoms with E-state index in [1.807, 2.05) is 23.1 Å². The van der Waals surface area contributed by atoms with Crippen LogP contribution in [0.2, 0.25) is 5.02 Å². The second-order valence-corrected chi connectivity index (χ2v) is 8.21. The van der Waals surface area contributed by atoms with Crippen molar-refractivity contribution < 1.29 is 18.7 Å². The van der Waals surface area contributed by atoms with Gasteiger partial charge in [-0.3, -0.25) is 4.79 Å². The fourth-order valence-corrected chi connectivity index (χ4v) is 4.23. The van der Waals surface area contributed by atoms with Crippen molar-refractivity contribution in [3.05, 3.63) is 63.9 Å². The molecular weight excluding hydrogens is 381 g/mol. The molecule has 2 aliphatic heterocycles. The lowest BCUT2D eigenvalue weighted by Gasteiger charge is -2.32. The van der Waals surface area contributed by atoms with Crippen LogP contribution >= 0.6 is 11.6 Å². The molecule has 2 aromatic rings. The molecule has 0 radical (unpaired) electrons. The highest BCUT2D eigenvalue weighted by Crippen LogP contribution is 2.47. The Morgan fingerprint density at radius 1 is 1.11 bits per heavy atom. The van der Waals surface area contributed by atoms with Crippen LogP contribution in [0.5, 0.6) is 0 Å². The number of fused-ring (bicyclic) bond motifs is 2. The van der Waals surface area contributed by atoms with Crippen LogP contribution in [0.3, 0.4) is 0 Å². The van der Waals surface area contributed by atoms with Crippen LogP contribution in [0, 0.1) is 11.7 Å². The summed E-state index contributed by atoms with van der Waals surface area (Å²) in [5.74, 6) is -1.30. The lowest BCUT2D eigenvalue weighted by molar-refractivity contribution is -0.256. The lowest BCUT2D eigenvalue weighted by atomic mass is 9.98. The monoisotopic (exact) mass is 401 g/mol. The minimum absolute atomic E-state index is 0.111. The van der Waals surface area contributed by atoms with E-state index < -0.39 is 11.6 Å². The second-order valence-electron chi connectivity index (χ2n) is 7.80. The Balaban J connectivity index is 1.51. The Morgan fingerprint density at radius 2 is 1.82 bits per heavy atom. The number of amides is 1. The van der Waals surface area contributed by atoms with Gasteiger partial charge in [0.15, 0.2) is 0 Å². The molecule has 4 nitrogen and oxygen atoms in total. The van der Waals surface area contributed by atoms with Gasteiger partial charge in [-0.2, -0.15) is 0 Å². The number of hydrogen-bond acceptors (Lipinski definition) is 3. The summed E-state index contributed by atoms with van der Waals surface area (Å²) in [6.45, 7) is 1.72. The summed E-state index contributed by atoms with van der Waals surface area (Å²) in [6, 6.07) is 10.7. The van der Waals surface area contributed by atoms with Gasteiger partial charge in [0.1, 0.15) is 5.82 Å². The Bertz CT molecular complexity index is 937. The molecule has 3 aliphatic rings. The number of ether oxygens (including phenoxy) is 2. The Kier molecular flexibility index (Phi) is 4.42. The zero-order valence-corrected chi connectivity index (χ0v) is 16.2. The van der Waals surface area contributed by atoms with Crippen LogP contribution < -0.4 is 4.90 Å². The third-order valence-electron chi connectivity index (χ3n) is 5.66. The van der Waals surface area contributed by atoms with Crippen molar-refractivity contribution in [1.82, 2.24) is 0 Å². The lowest BCUT2D eigenvalue weighted by Crippen LogP contribution is -2.47. The number of anilines is 1. The first-order chi connectivity index (χ1) is 13.6. The van der Waals surface area contributed by atoms with Crippen LogP contribution in [0.25, 0.3) is 0 Å². The second kappa shape index (κ2) is 6.83. The van der Waals surface area contributed by atoms with E-state index in [0.717, 1.165) is 41.6 Å². The first-order valence-corrected chi connectivity index (χ1v) is 10.1. The number of rotatable bonds is 4. The smallest absolute Gasteiger partial charge is 0.292 e. The van der Waals surface area contributed by atoms with E-state index in [9.17, 15) is 9.18 Å². The van der Waals surface area contributed by atoms with Crippen molar-refractivity contribution in [2.75, 3.05) is 24.7 Å². The first kappa shape index (κ1) is 18.1. The SMILES string of the molecule is O=C1N(CC2CC2)c2ccc(Cc3ccc(F)c(Cl)c3)cc2C12OCCCO2. The van der Waals surface area contributed by atoms with Crippen LogP contribution in [-0.2, 0) is 26.5 Å². The predicted molar refractivity (Wildman–Crippen MR) is 104 cm³/mol. The van der Waals surface area contributed by atoms with Crippen molar-refractivity contribution in [2.24, 2.45) is 5.92 Å². The van der Waals surface area contributed by atoms with Gasteiger partial charge in [-0.15, -0.1) is 0 Å². The Hall–Kier alpha value is -1.95. The highest BCUT2D eigenvalue weighted by molar-refractivity contribution is 6.30. The van der Waals surface area contributed by atoms with Gasteiger partial charge in [0.2, 0.25) is 0 Å². The third-order valence-corrected chi connectivity index (χ3v) is 5.95. The maximum atomic E-state index is 13.4. The van der Waals surface area contributed by atoms with Crippen molar-refractivity contribution >= 4 is 23.2 Å². The molecule has 0 aromatic heterocycles. The van der Waals surface area contributed by atoms with Gasteiger partial charge in [0, 0.05) is 12.1 Å². The number of halogens is 2. The molecule has 1 spiro atoms. The van der Waals surface area contributed by atoms with Crippen LogP contribution in [0.1, 0.15) is 36.0 Å². The maximum absolute atomic E-state index is 13.4. The molecule has 1 amide bonds. The number of benzene rings is 2. The number of hydrogen-bond donors (Lipinski definition) is 0. The molecular formula is C22H21ClFNO3. The van der Waals surface area contributed by atoms with Crippen molar-refractivity contribution in [1.29, 1.82) is 0 Å². The van der Waals surface area contributed by atoms with Gasteiger partial charge in [-0.05, 0) is 67.0 Å². The van der Waals surface area contributed by atoms with E-state index in [1.54, 1.807) is 12.1 Å². The van der Waals surface area contributed by atoms with Gasteiger partial charge in [-0.25, -0.2) is 4.39 Å². The summed E-state index contributed by atoms with van der Waals surface area (Å²) in [7, 11) is 0. The molecule has 0 bridgehead atoms. The molecule has 1 aliphatic carbocycles. The fraction of sp³-hybridized carbons (Fsp3) is 0.409.